The second kappa shape index (κ2) is 9.92. The van der Waals surface area contributed by atoms with Crippen molar-refractivity contribution >= 4 is 56.6 Å². The van der Waals surface area contributed by atoms with Crippen LogP contribution in [0.3, 0.4) is 0 Å². The van der Waals surface area contributed by atoms with Gasteiger partial charge in [-0.3, -0.25) is 9.80 Å². The third-order valence-electron chi connectivity index (χ3n) is 5.00. The van der Waals surface area contributed by atoms with Crippen LogP contribution >= 0.6 is 48.0 Å². The van der Waals surface area contributed by atoms with Gasteiger partial charge in [0, 0.05) is 25.2 Å². The van der Waals surface area contributed by atoms with Gasteiger partial charge >= 0.3 is 0 Å². The van der Waals surface area contributed by atoms with Crippen molar-refractivity contribution in [3.8, 4) is 0 Å². The van der Waals surface area contributed by atoms with Crippen molar-refractivity contribution in [3.05, 3.63) is 0 Å². The van der Waals surface area contributed by atoms with E-state index in [0.29, 0.717) is 12.1 Å². The predicted molar refractivity (Wildman–Crippen MR) is 116 cm³/mol. The van der Waals surface area contributed by atoms with Crippen molar-refractivity contribution in [1.82, 2.24) is 19.6 Å². The smallest absolute Gasteiger partial charge is 0.138 e. The number of thiocarbonyl (C=S) groups is 2. The lowest BCUT2D eigenvalue weighted by Crippen LogP contribution is -2.53. The third-order valence-corrected chi connectivity index (χ3v) is 8.15. The SMILES string of the molecule is CCC(C)N1CSC(=S)N(CCN2CN(C(C)CC)CSC2=S)C1. The largest absolute Gasteiger partial charge is 0.343 e. The van der Waals surface area contributed by atoms with Gasteiger partial charge in [0.05, 0.1) is 25.1 Å². The molecule has 0 aromatic heterocycles. The van der Waals surface area contributed by atoms with Gasteiger partial charge < -0.3 is 9.80 Å². The van der Waals surface area contributed by atoms with Gasteiger partial charge in [-0.1, -0.05) is 61.8 Å². The van der Waals surface area contributed by atoms with E-state index in [1.54, 1.807) is 23.5 Å². The molecule has 138 valence electrons. The van der Waals surface area contributed by atoms with E-state index in [0.717, 1.165) is 46.8 Å². The monoisotopic (exact) mass is 406 g/mol. The highest BCUT2D eigenvalue weighted by Crippen LogP contribution is 2.24. The fraction of sp³-hybridized carbons (Fsp3) is 0.875. The summed E-state index contributed by atoms with van der Waals surface area (Å²) in [5.41, 5.74) is 0. The first-order chi connectivity index (χ1) is 11.5. The summed E-state index contributed by atoms with van der Waals surface area (Å²) in [7, 11) is 0. The molecule has 2 unspecified atom stereocenters. The van der Waals surface area contributed by atoms with Crippen LogP contribution in [0, 0.1) is 0 Å². The zero-order valence-corrected chi connectivity index (χ0v) is 18.5. The highest BCUT2D eigenvalue weighted by Gasteiger charge is 2.27. The summed E-state index contributed by atoms with van der Waals surface area (Å²) >= 11 is 14.7. The van der Waals surface area contributed by atoms with Crippen LogP contribution in [0.4, 0.5) is 0 Å². The minimum atomic E-state index is 0.607. The fourth-order valence-electron chi connectivity index (χ4n) is 2.71. The van der Waals surface area contributed by atoms with E-state index < -0.39 is 0 Å². The van der Waals surface area contributed by atoms with Crippen molar-refractivity contribution in [1.29, 1.82) is 0 Å². The van der Waals surface area contributed by atoms with Crippen LogP contribution in [-0.4, -0.2) is 78.5 Å². The van der Waals surface area contributed by atoms with Gasteiger partial charge in [-0.15, -0.1) is 0 Å². The maximum absolute atomic E-state index is 5.58. The van der Waals surface area contributed by atoms with Gasteiger partial charge in [-0.25, -0.2) is 0 Å². The number of hydrogen-bond donors (Lipinski definition) is 0. The average Bonchev–Trinajstić information content (AvgIpc) is 2.60. The second-order valence-corrected chi connectivity index (χ2v) is 9.74. The van der Waals surface area contributed by atoms with E-state index in [4.69, 9.17) is 24.4 Å². The molecule has 2 saturated heterocycles. The van der Waals surface area contributed by atoms with Crippen LogP contribution in [0.1, 0.15) is 40.5 Å². The summed E-state index contributed by atoms with van der Waals surface area (Å²) in [4.78, 5) is 9.70. The molecular weight excluding hydrogens is 376 g/mol. The normalized spacial score (nSPS) is 23.7. The molecule has 2 heterocycles. The van der Waals surface area contributed by atoms with Crippen LogP contribution in [-0.2, 0) is 0 Å². The summed E-state index contributed by atoms with van der Waals surface area (Å²) < 4.78 is 2.06. The minimum Gasteiger partial charge on any atom is -0.343 e. The molecule has 8 heteroatoms. The summed E-state index contributed by atoms with van der Waals surface area (Å²) in [5.74, 6) is 2.04. The summed E-state index contributed by atoms with van der Waals surface area (Å²) in [6.07, 6.45) is 2.36. The minimum absolute atomic E-state index is 0.607. The molecule has 2 atom stereocenters. The van der Waals surface area contributed by atoms with E-state index in [1.165, 1.54) is 12.8 Å². The number of nitrogens with zero attached hydrogens (tertiary/aromatic N) is 4. The molecule has 24 heavy (non-hydrogen) atoms. The Morgan fingerprint density at radius 3 is 1.54 bits per heavy atom. The molecule has 0 aromatic rings. The second-order valence-electron chi connectivity index (χ2n) is 6.58. The van der Waals surface area contributed by atoms with Crippen LogP contribution < -0.4 is 0 Å². The van der Waals surface area contributed by atoms with Crippen molar-refractivity contribution in [2.24, 2.45) is 0 Å². The lowest BCUT2D eigenvalue weighted by Gasteiger charge is -2.42. The fourth-order valence-corrected chi connectivity index (χ4v) is 5.21. The van der Waals surface area contributed by atoms with E-state index >= 15 is 0 Å². The van der Waals surface area contributed by atoms with E-state index in [2.05, 4.69) is 47.3 Å². The van der Waals surface area contributed by atoms with Crippen LogP contribution in [0.25, 0.3) is 0 Å². The van der Waals surface area contributed by atoms with E-state index in [-0.39, 0.29) is 0 Å². The predicted octanol–water partition coefficient (Wildman–Crippen LogP) is 3.68. The Morgan fingerprint density at radius 2 is 1.21 bits per heavy atom. The zero-order chi connectivity index (χ0) is 17.7. The quantitative estimate of drug-likeness (QED) is 0.586. The van der Waals surface area contributed by atoms with Crippen molar-refractivity contribution in [2.75, 3.05) is 38.2 Å². The Labute approximate surface area is 166 Å². The van der Waals surface area contributed by atoms with Crippen LogP contribution in [0.5, 0.6) is 0 Å². The van der Waals surface area contributed by atoms with Crippen molar-refractivity contribution in [3.63, 3.8) is 0 Å². The molecule has 0 bridgehead atoms. The van der Waals surface area contributed by atoms with Crippen LogP contribution in [0.2, 0.25) is 0 Å². The molecule has 0 aromatic carbocycles. The number of thioether (sulfide) groups is 2. The number of hydrogen-bond acceptors (Lipinski definition) is 6. The molecule has 2 fully saturated rings. The summed E-state index contributed by atoms with van der Waals surface area (Å²) in [6.45, 7) is 12.9. The standard InChI is InChI=1S/C16H30N4S4/c1-5-13(3)19-9-17(15(21)23-11-19)7-8-18-10-20(14(4)6-2)12-24-16(18)22/h13-14H,5-12H2,1-4H3. The molecule has 2 aliphatic rings. The maximum Gasteiger partial charge on any atom is 0.138 e. The molecule has 2 aliphatic heterocycles. The first-order valence-corrected chi connectivity index (χ1v) is 11.6. The Balaban J connectivity index is 1.88. The van der Waals surface area contributed by atoms with Gasteiger partial charge in [0.1, 0.15) is 8.64 Å². The number of rotatable bonds is 7. The van der Waals surface area contributed by atoms with Crippen molar-refractivity contribution < 1.29 is 0 Å². The zero-order valence-electron chi connectivity index (χ0n) is 15.2. The molecule has 4 nitrogen and oxygen atoms in total. The van der Waals surface area contributed by atoms with Gasteiger partial charge in [-0.05, 0) is 26.7 Å². The molecule has 0 saturated carbocycles. The highest BCUT2D eigenvalue weighted by molar-refractivity contribution is 8.23. The van der Waals surface area contributed by atoms with E-state index in [9.17, 15) is 0 Å². The Kier molecular flexibility index (Phi) is 8.56. The topological polar surface area (TPSA) is 13.0 Å². The van der Waals surface area contributed by atoms with Gasteiger partial charge in [-0.2, -0.15) is 0 Å². The lowest BCUT2D eigenvalue weighted by molar-refractivity contribution is 0.136. The third kappa shape index (κ3) is 5.45. The van der Waals surface area contributed by atoms with Gasteiger partial charge in [0.2, 0.25) is 0 Å². The molecule has 2 rings (SSSR count). The summed E-state index contributed by atoms with van der Waals surface area (Å²) in [5, 5.41) is 0. The Bertz CT molecular complexity index is 408. The van der Waals surface area contributed by atoms with E-state index in [1.807, 2.05) is 0 Å². The Morgan fingerprint density at radius 1 is 0.833 bits per heavy atom. The molecule has 0 amide bonds. The molecule has 0 aliphatic carbocycles. The van der Waals surface area contributed by atoms with Crippen LogP contribution in [0.15, 0.2) is 0 Å². The Hall–Kier alpha value is 0.400. The maximum atomic E-state index is 5.58. The molecule has 0 radical (unpaired) electrons. The van der Waals surface area contributed by atoms with Gasteiger partial charge in [0.25, 0.3) is 0 Å². The first kappa shape index (κ1) is 20.7. The first-order valence-electron chi connectivity index (χ1n) is 8.77. The summed E-state index contributed by atoms with van der Waals surface area (Å²) in [6, 6.07) is 1.21. The molecular formula is C16H30N4S4. The molecule has 0 N–H and O–H groups in total. The van der Waals surface area contributed by atoms with Gasteiger partial charge in [0.15, 0.2) is 0 Å². The molecule has 0 spiro atoms. The lowest BCUT2D eigenvalue weighted by atomic mass is 10.2. The average molecular weight is 407 g/mol. The van der Waals surface area contributed by atoms with Crippen molar-refractivity contribution in [2.45, 2.75) is 52.6 Å². The highest BCUT2D eigenvalue weighted by atomic mass is 32.2.